The maximum Gasteiger partial charge on any atom is 0.254 e. The third-order valence-electron chi connectivity index (χ3n) is 3.29. The summed E-state index contributed by atoms with van der Waals surface area (Å²) in [6.07, 6.45) is 1.59. The van der Waals surface area contributed by atoms with Crippen LogP contribution in [-0.2, 0) is 0 Å². The van der Waals surface area contributed by atoms with E-state index in [2.05, 4.69) is 15.9 Å². The van der Waals surface area contributed by atoms with Gasteiger partial charge >= 0.3 is 0 Å². The van der Waals surface area contributed by atoms with Crippen molar-refractivity contribution in [1.29, 1.82) is 0 Å². The Balaban J connectivity index is 2.20. The topological polar surface area (TPSA) is 46.3 Å². The molecule has 5 heteroatoms. The molecule has 1 fully saturated rings. The van der Waals surface area contributed by atoms with Crippen LogP contribution in [-0.4, -0.2) is 29.4 Å². The Kier molecular flexibility index (Phi) is 4.02. The smallest absolute Gasteiger partial charge is 0.254 e. The zero-order valence-corrected chi connectivity index (χ0v) is 11.8. The van der Waals surface area contributed by atoms with Crippen LogP contribution in [0.3, 0.4) is 0 Å². The van der Waals surface area contributed by atoms with E-state index in [9.17, 15) is 9.18 Å². The minimum absolute atomic E-state index is 0.100. The minimum atomic E-state index is -0.408. The molecule has 3 nitrogen and oxygen atoms in total. The number of piperidine rings is 1. The number of benzene rings is 1. The quantitative estimate of drug-likeness (QED) is 0.866. The molecule has 0 aliphatic carbocycles. The number of likely N-dealkylation sites (tertiary alicyclic amines) is 1. The number of halogens is 2. The van der Waals surface area contributed by atoms with Gasteiger partial charge in [0.05, 0.1) is 0 Å². The molecule has 0 saturated carbocycles. The Hall–Kier alpha value is -0.940. The number of nitrogens with zero attached hydrogens (tertiary/aromatic N) is 1. The number of carbonyl (C=O) groups is 1. The van der Waals surface area contributed by atoms with Crippen molar-refractivity contribution < 1.29 is 9.18 Å². The second kappa shape index (κ2) is 5.36. The highest BCUT2D eigenvalue weighted by Gasteiger charge is 2.27. The monoisotopic (exact) mass is 314 g/mol. The van der Waals surface area contributed by atoms with Crippen LogP contribution in [0, 0.1) is 5.82 Å². The van der Waals surface area contributed by atoms with Gasteiger partial charge in [0.1, 0.15) is 5.82 Å². The van der Waals surface area contributed by atoms with Crippen LogP contribution in [0.5, 0.6) is 0 Å². The highest BCUT2D eigenvalue weighted by Crippen LogP contribution is 2.21. The molecule has 0 aromatic heterocycles. The maximum absolute atomic E-state index is 13.3. The van der Waals surface area contributed by atoms with Crippen LogP contribution < -0.4 is 5.73 Å². The first kappa shape index (κ1) is 13.5. The van der Waals surface area contributed by atoms with Gasteiger partial charge in [0, 0.05) is 28.7 Å². The van der Waals surface area contributed by atoms with Gasteiger partial charge in [-0.05, 0) is 38.0 Å². The van der Waals surface area contributed by atoms with Crippen LogP contribution >= 0.6 is 15.9 Å². The fourth-order valence-corrected chi connectivity index (χ4v) is 2.82. The lowest BCUT2D eigenvalue weighted by Gasteiger charge is -2.36. The largest absolute Gasteiger partial charge is 0.336 e. The summed E-state index contributed by atoms with van der Waals surface area (Å²) >= 11 is 3.20. The van der Waals surface area contributed by atoms with Crippen LogP contribution in [0.4, 0.5) is 4.39 Å². The summed E-state index contributed by atoms with van der Waals surface area (Å²) in [4.78, 5) is 14.1. The number of hydrogen-bond donors (Lipinski definition) is 1. The van der Waals surface area contributed by atoms with Gasteiger partial charge in [0.25, 0.3) is 5.91 Å². The van der Waals surface area contributed by atoms with E-state index >= 15 is 0 Å². The van der Waals surface area contributed by atoms with E-state index in [0.717, 1.165) is 12.8 Å². The molecular formula is C13H16BrFN2O. The van der Waals surface area contributed by atoms with Crippen molar-refractivity contribution >= 4 is 21.8 Å². The zero-order chi connectivity index (χ0) is 13.3. The van der Waals surface area contributed by atoms with Gasteiger partial charge in [-0.2, -0.15) is 0 Å². The van der Waals surface area contributed by atoms with Gasteiger partial charge in [-0.25, -0.2) is 4.39 Å². The summed E-state index contributed by atoms with van der Waals surface area (Å²) in [7, 11) is 0. The third kappa shape index (κ3) is 2.90. The van der Waals surface area contributed by atoms with E-state index in [0.29, 0.717) is 16.6 Å². The Morgan fingerprint density at radius 2 is 2.22 bits per heavy atom. The Labute approximate surface area is 114 Å². The molecule has 2 N–H and O–H groups in total. The van der Waals surface area contributed by atoms with E-state index < -0.39 is 5.82 Å². The molecule has 2 atom stereocenters. The fourth-order valence-electron chi connectivity index (χ4n) is 2.35. The molecule has 1 aromatic carbocycles. The number of hydrogen-bond acceptors (Lipinski definition) is 2. The molecule has 0 spiro atoms. The van der Waals surface area contributed by atoms with E-state index in [1.165, 1.54) is 12.1 Å². The van der Waals surface area contributed by atoms with Crippen molar-refractivity contribution in [3.63, 3.8) is 0 Å². The molecule has 1 amide bonds. The molecule has 0 radical (unpaired) electrons. The molecule has 18 heavy (non-hydrogen) atoms. The highest BCUT2D eigenvalue weighted by atomic mass is 79.9. The van der Waals surface area contributed by atoms with Crippen molar-refractivity contribution in [1.82, 2.24) is 4.90 Å². The van der Waals surface area contributed by atoms with E-state index in [-0.39, 0.29) is 18.0 Å². The van der Waals surface area contributed by atoms with Crippen molar-refractivity contribution in [3.8, 4) is 0 Å². The van der Waals surface area contributed by atoms with Crippen LogP contribution in [0.1, 0.15) is 30.1 Å². The van der Waals surface area contributed by atoms with Gasteiger partial charge in [-0.15, -0.1) is 0 Å². The molecule has 1 aliphatic rings. The van der Waals surface area contributed by atoms with Crippen LogP contribution in [0.25, 0.3) is 0 Å². The van der Waals surface area contributed by atoms with Gasteiger partial charge in [0.2, 0.25) is 0 Å². The molecule has 1 heterocycles. The standard InChI is InChI=1S/C13H16BrFN2O/c1-8-4-12(16)2-3-17(8)13(18)9-5-10(14)7-11(15)6-9/h5-8,12H,2-4,16H2,1H3/t8-,12-/m1/s1. The second-order valence-electron chi connectivity index (χ2n) is 4.79. The first-order chi connectivity index (χ1) is 8.47. The number of amides is 1. The molecule has 98 valence electrons. The lowest BCUT2D eigenvalue weighted by molar-refractivity contribution is 0.0618. The molecule has 2 rings (SSSR count). The fraction of sp³-hybridized carbons (Fsp3) is 0.462. The third-order valence-corrected chi connectivity index (χ3v) is 3.74. The minimum Gasteiger partial charge on any atom is -0.336 e. The van der Waals surface area contributed by atoms with Crippen LogP contribution in [0.15, 0.2) is 22.7 Å². The Morgan fingerprint density at radius 1 is 1.50 bits per heavy atom. The van der Waals surface area contributed by atoms with Crippen LogP contribution in [0.2, 0.25) is 0 Å². The highest BCUT2D eigenvalue weighted by molar-refractivity contribution is 9.10. The predicted octanol–water partition coefficient (Wildman–Crippen LogP) is 2.54. The van der Waals surface area contributed by atoms with E-state index in [1.807, 2.05) is 6.92 Å². The predicted molar refractivity (Wildman–Crippen MR) is 71.8 cm³/mol. The van der Waals surface area contributed by atoms with E-state index in [1.54, 1.807) is 11.0 Å². The summed E-state index contributed by atoms with van der Waals surface area (Å²) in [5.41, 5.74) is 6.25. The lowest BCUT2D eigenvalue weighted by atomic mass is 9.98. The molecule has 0 unspecified atom stereocenters. The zero-order valence-electron chi connectivity index (χ0n) is 10.2. The van der Waals surface area contributed by atoms with E-state index in [4.69, 9.17) is 5.73 Å². The SMILES string of the molecule is C[C@@H]1C[C@H](N)CCN1C(=O)c1cc(F)cc(Br)c1. The number of carbonyl (C=O) groups excluding carboxylic acids is 1. The molecular weight excluding hydrogens is 299 g/mol. The Bertz CT molecular complexity index is 446. The molecule has 0 bridgehead atoms. The number of rotatable bonds is 1. The first-order valence-electron chi connectivity index (χ1n) is 6.00. The van der Waals surface area contributed by atoms with Crippen molar-refractivity contribution in [2.24, 2.45) is 5.73 Å². The summed E-state index contributed by atoms with van der Waals surface area (Å²) in [5.74, 6) is -0.538. The van der Waals surface area contributed by atoms with Crippen molar-refractivity contribution in [2.75, 3.05) is 6.54 Å². The van der Waals surface area contributed by atoms with Gasteiger partial charge in [0.15, 0.2) is 0 Å². The van der Waals surface area contributed by atoms with Gasteiger partial charge in [-0.3, -0.25) is 4.79 Å². The summed E-state index contributed by atoms with van der Waals surface area (Å²) in [5, 5.41) is 0. The maximum atomic E-state index is 13.3. The molecule has 1 aliphatic heterocycles. The van der Waals surface area contributed by atoms with Crippen molar-refractivity contribution in [2.45, 2.75) is 31.8 Å². The molecule has 1 aromatic rings. The average Bonchev–Trinajstić information content (AvgIpc) is 2.26. The summed E-state index contributed by atoms with van der Waals surface area (Å²) < 4.78 is 13.9. The number of nitrogens with two attached hydrogens (primary N) is 1. The lowest BCUT2D eigenvalue weighted by Crippen LogP contribution is -2.48. The normalized spacial score (nSPS) is 24.1. The Morgan fingerprint density at radius 3 is 2.83 bits per heavy atom. The van der Waals surface area contributed by atoms with Crippen molar-refractivity contribution in [3.05, 3.63) is 34.1 Å². The second-order valence-corrected chi connectivity index (χ2v) is 5.71. The first-order valence-corrected chi connectivity index (χ1v) is 6.79. The molecule has 1 saturated heterocycles. The average molecular weight is 315 g/mol. The summed E-state index contributed by atoms with van der Waals surface area (Å²) in [6, 6.07) is 4.51. The van der Waals surface area contributed by atoms with Gasteiger partial charge in [-0.1, -0.05) is 15.9 Å². The summed E-state index contributed by atoms with van der Waals surface area (Å²) in [6.45, 7) is 2.61. The van der Waals surface area contributed by atoms with Gasteiger partial charge < -0.3 is 10.6 Å².